The summed E-state index contributed by atoms with van der Waals surface area (Å²) >= 11 is 0. The maximum atomic E-state index is 8.53. The number of hydrogen-bond donors (Lipinski definition) is 3. The number of nitrogens with two attached hydrogens (primary N) is 2. The van der Waals surface area contributed by atoms with E-state index in [-0.39, 0.29) is 18.5 Å². The van der Waals surface area contributed by atoms with Gasteiger partial charge in [0.05, 0.1) is 26.4 Å². The van der Waals surface area contributed by atoms with Crippen LogP contribution in [0, 0.1) is 0 Å². The number of ether oxygens (including phenoxy) is 1. The van der Waals surface area contributed by atoms with Gasteiger partial charge >= 0.3 is 0 Å². The Labute approximate surface area is 99.6 Å². The molecule has 1 aromatic heterocycles. The molecule has 8 nitrogen and oxygen atoms in total. The first-order valence-corrected chi connectivity index (χ1v) is 5.25. The summed E-state index contributed by atoms with van der Waals surface area (Å²) < 4.78 is 5.14. The number of aromatic nitrogens is 3. The van der Waals surface area contributed by atoms with Gasteiger partial charge in [-0.3, -0.25) is 4.90 Å². The lowest BCUT2D eigenvalue weighted by atomic mass is 10.5. The summed E-state index contributed by atoms with van der Waals surface area (Å²) in [6, 6.07) is 0. The second-order valence-corrected chi connectivity index (χ2v) is 3.54. The first-order valence-electron chi connectivity index (χ1n) is 5.25. The third-order valence-electron chi connectivity index (χ3n) is 1.98. The molecule has 96 valence electrons. The molecule has 5 N–H and O–H groups in total. The molecule has 0 atom stereocenters. The van der Waals surface area contributed by atoms with Crippen molar-refractivity contribution in [2.45, 2.75) is 6.54 Å². The number of hydrogen-bond acceptors (Lipinski definition) is 8. The topological polar surface area (TPSA) is 123 Å². The minimum atomic E-state index is 0.0320. The summed E-state index contributed by atoms with van der Waals surface area (Å²) in [5.41, 5.74) is 10.9. The van der Waals surface area contributed by atoms with E-state index in [1.807, 2.05) is 11.9 Å². The number of likely N-dealkylation sites (N-methyl/N-ethyl adjacent to an activating group) is 1. The van der Waals surface area contributed by atoms with Gasteiger partial charge in [0.1, 0.15) is 5.82 Å². The van der Waals surface area contributed by atoms with E-state index in [0.29, 0.717) is 32.1 Å². The molecule has 0 aromatic carbocycles. The van der Waals surface area contributed by atoms with Crippen molar-refractivity contribution in [2.24, 2.45) is 0 Å². The Morgan fingerprint density at radius 1 is 1.18 bits per heavy atom. The van der Waals surface area contributed by atoms with Crippen molar-refractivity contribution in [3.8, 4) is 0 Å². The molecule has 1 aromatic rings. The molecule has 0 spiro atoms. The van der Waals surface area contributed by atoms with E-state index in [2.05, 4.69) is 15.0 Å². The van der Waals surface area contributed by atoms with E-state index < -0.39 is 0 Å². The highest BCUT2D eigenvalue weighted by Crippen LogP contribution is 2.01. The molecule has 1 heterocycles. The van der Waals surface area contributed by atoms with E-state index in [1.54, 1.807) is 0 Å². The summed E-state index contributed by atoms with van der Waals surface area (Å²) in [6.07, 6.45) is 0. The molecule has 1 rings (SSSR count). The lowest BCUT2D eigenvalue weighted by Gasteiger charge is -2.15. The number of anilines is 2. The third-order valence-corrected chi connectivity index (χ3v) is 1.98. The van der Waals surface area contributed by atoms with Crippen LogP contribution in [0.2, 0.25) is 0 Å². The SMILES string of the molecule is CN(CCOCCO)Cc1nc(N)nc(N)n1. The summed E-state index contributed by atoms with van der Waals surface area (Å²) in [5, 5.41) is 8.53. The van der Waals surface area contributed by atoms with E-state index in [4.69, 9.17) is 21.3 Å². The van der Waals surface area contributed by atoms with Crippen molar-refractivity contribution in [1.29, 1.82) is 0 Å². The van der Waals surface area contributed by atoms with Crippen LogP contribution in [0.4, 0.5) is 11.9 Å². The molecular formula is C9H18N6O2. The maximum absolute atomic E-state index is 8.53. The van der Waals surface area contributed by atoms with Crippen molar-refractivity contribution in [1.82, 2.24) is 19.9 Å². The zero-order valence-corrected chi connectivity index (χ0v) is 9.83. The highest BCUT2D eigenvalue weighted by atomic mass is 16.5. The zero-order chi connectivity index (χ0) is 12.7. The molecule has 8 heteroatoms. The second-order valence-electron chi connectivity index (χ2n) is 3.54. The number of rotatable bonds is 7. The van der Waals surface area contributed by atoms with Gasteiger partial charge in [0.25, 0.3) is 0 Å². The highest BCUT2D eigenvalue weighted by molar-refractivity contribution is 5.25. The number of nitrogen functional groups attached to an aromatic ring is 2. The standard InChI is InChI=1S/C9H18N6O2/c1-15(2-4-17-5-3-16)6-7-12-8(10)14-9(11)13-7/h16H,2-6H2,1H3,(H4,10,11,12,13,14). The molecule has 0 saturated carbocycles. The third kappa shape index (κ3) is 5.38. The molecule has 0 aliphatic heterocycles. The zero-order valence-electron chi connectivity index (χ0n) is 9.83. The second kappa shape index (κ2) is 6.94. The smallest absolute Gasteiger partial charge is 0.225 e. The molecule has 0 saturated heterocycles. The van der Waals surface area contributed by atoms with Crippen LogP contribution in [0.15, 0.2) is 0 Å². The maximum Gasteiger partial charge on any atom is 0.225 e. The van der Waals surface area contributed by atoms with E-state index in [9.17, 15) is 0 Å². The largest absolute Gasteiger partial charge is 0.394 e. The molecule has 0 unspecified atom stereocenters. The van der Waals surface area contributed by atoms with Crippen LogP contribution < -0.4 is 11.5 Å². The van der Waals surface area contributed by atoms with Crippen LogP contribution in [-0.4, -0.2) is 58.4 Å². The van der Waals surface area contributed by atoms with Crippen molar-refractivity contribution in [2.75, 3.05) is 44.9 Å². The monoisotopic (exact) mass is 242 g/mol. The summed E-state index contributed by atoms with van der Waals surface area (Å²) in [5.74, 6) is 0.773. The Bertz CT molecular complexity index is 328. The molecule has 17 heavy (non-hydrogen) atoms. The van der Waals surface area contributed by atoms with Gasteiger partial charge in [0.15, 0.2) is 0 Å². The van der Waals surface area contributed by atoms with Crippen molar-refractivity contribution in [3.05, 3.63) is 5.82 Å². The summed E-state index contributed by atoms with van der Waals surface area (Å²) in [7, 11) is 1.90. The number of nitrogens with zero attached hydrogens (tertiary/aromatic N) is 4. The average Bonchev–Trinajstić information content (AvgIpc) is 2.23. The van der Waals surface area contributed by atoms with E-state index >= 15 is 0 Å². The number of aliphatic hydroxyl groups excluding tert-OH is 1. The van der Waals surface area contributed by atoms with Crippen molar-refractivity contribution >= 4 is 11.9 Å². The molecular weight excluding hydrogens is 224 g/mol. The quantitative estimate of drug-likeness (QED) is 0.492. The van der Waals surface area contributed by atoms with Crippen LogP contribution >= 0.6 is 0 Å². The molecule has 0 fully saturated rings. The van der Waals surface area contributed by atoms with Gasteiger partial charge in [-0.15, -0.1) is 0 Å². The van der Waals surface area contributed by atoms with Crippen LogP contribution in [0.3, 0.4) is 0 Å². The van der Waals surface area contributed by atoms with Crippen molar-refractivity contribution in [3.63, 3.8) is 0 Å². The normalized spacial score (nSPS) is 11.0. The summed E-state index contributed by atoms with van der Waals surface area (Å²) in [4.78, 5) is 13.6. The first-order chi connectivity index (χ1) is 8.11. The van der Waals surface area contributed by atoms with Gasteiger partial charge in [0.2, 0.25) is 11.9 Å². The summed E-state index contributed by atoms with van der Waals surface area (Å²) in [6.45, 7) is 2.13. The average molecular weight is 242 g/mol. The lowest BCUT2D eigenvalue weighted by molar-refractivity contribution is 0.0769. The van der Waals surface area contributed by atoms with Crippen LogP contribution in [0.1, 0.15) is 5.82 Å². The van der Waals surface area contributed by atoms with Crippen LogP contribution in [0.25, 0.3) is 0 Å². The first kappa shape index (κ1) is 13.6. The van der Waals surface area contributed by atoms with Crippen LogP contribution in [0.5, 0.6) is 0 Å². The molecule has 0 bridgehead atoms. The fraction of sp³-hybridized carbons (Fsp3) is 0.667. The van der Waals surface area contributed by atoms with E-state index in [1.165, 1.54) is 0 Å². The molecule has 0 aliphatic carbocycles. The van der Waals surface area contributed by atoms with Crippen molar-refractivity contribution < 1.29 is 9.84 Å². The minimum absolute atomic E-state index is 0.0320. The minimum Gasteiger partial charge on any atom is -0.394 e. The number of aliphatic hydroxyl groups is 1. The predicted octanol–water partition coefficient (Wildman–Crippen LogP) is -1.52. The lowest BCUT2D eigenvalue weighted by Crippen LogP contribution is -2.25. The van der Waals surface area contributed by atoms with Gasteiger partial charge in [-0.25, -0.2) is 0 Å². The Morgan fingerprint density at radius 2 is 1.82 bits per heavy atom. The van der Waals surface area contributed by atoms with E-state index in [0.717, 1.165) is 0 Å². The fourth-order valence-electron chi connectivity index (χ4n) is 1.24. The molecule has 0 amide bonds. The molecule has 0 radical (unpaired) electrons. The Balaban J connectivity index is 2.36. The Hall–Kier alpha value is -1.51. The van der Waals surface area contributed by atoms with Crippen LogP contribution in [-0.2, 0) is 11.3 Å². The Kier molecular flexibility index (Phi) is 5.53. The van der Waals surface area contributed by atoms with Gasteiger partial charge in [-0.1, -0.05) is 0 Å². The van der Waals surface area contributed by atoms with Gasteiger partial charge < -0.3 is 21.3 Å². The van der Waals surface area contributed by atoms with Gasteiger partial charge in [-0.05, 0) is 7.05 Å². The van der Waals surface area contributed by atoms with Gasteiger partial charge in [-0.2, -0.15) is 15.0 Å². The Morgan fingerprint density at radius 3 is 2.41 bits per heavy atom. The molecule has 0 aliphatic rings. The predicted molar refractivity (Wildman–Crippen MR) is 62.9 cm³/mol. The van der Waals surface area contributed by atoms with Gasteiger partial charge in [0, 0.05) is 6.54 Å². The fourth-order valence-corrected chi connectivity index (χ4v) is 1.24. The highest BCUT2D eigenvalue weighted by Gasteiger charge is 2.05.